The minimum Gasteiger partial charge on any atom is -0.369 e. The molecule has 0 atom stereocenters. The van der Waals surface area contributed by atoms with Crippen LogP contribution in [-0.2, 0) is 6.54 Å². The maximum Gasteiger partial charge on any atom is 0.191 e. The van der Waals surface area contributed by atoms with Gasteiger partial charge in [-0.1, -0.05) is 25.6 Å². The highest BCUT2D eigenvalue weighted by atomic mass is 32.2. The Hall–Kier alpha value is -1.34. The summed E-state index contributed by atoms with van der Waals surface area (Å²) >= 11 is 1.53. The number of rotatable bonds is 6. The van der Waals surface area contributed by atoms with Crippen molar-refractivity contribution in [3.63, 3.8) is 0 Å². The van der Waals surface area contributed by atoms with E-state index in [2.05, 4.69) is 34.2 Å². The number of nitrogens with two attached hydrogens (primary N) is 1. The summed E-state index contributed by atoms with van der Waals surface area (Å²) < 4.78 is 1.83. The molecule has 2 heterocycles. The standard InChI is InChI=1S/C12H20N6S/c1-8(2)6-14-10-9-7-15-18(5-4-13)11(9)17-12(16-10)19-3/h7-8H,4-6,13H2,1-3H3,(H,14,16,17). The summed E-state index contributed by atoms with van der Waals surface area (Å²) in [5.41, 5.74) is 6.44. The van der Waals surface area contributed by atoms with Crippen molar-refractivity contribution < 1.29 is 0 Å². The van der Waals surface area contributed by atoms with Crippen LogP contribution in [0.3, 0.4) is 0 Å². The summed E-state index contributed by atoms with van der Waals surface area (Å²) in [7, 11) is 0. The number of nitrogens with one attached hydrogen (secondary N) is 1. The first-order valence-corrected chi connectivity index (χ1v) is 7.59. The number of aromatic nitrogens is 4. The highest BCUT2D eigenvalue weighted by Crippen LogP contribution is 2.23. The molecule has 0 amide bonds. The van der Waals surface area contributed by atoms with E-state index in [1.165, 1.54) is 11.8 Å². The Balaban J connectivity index is 2.43. The number of fused-ring (bicyclic) bond motifs is 1. The van der Waals surface area contributed by atoms with Gasteiger partial charge in [0.05, 0.1) is 18.1 Å². The van der Waals surface area contributed by atoms with E-state index in [1.807, 2.05) is 10.9 Å². The van der Waals surface area contributed by atoms with E-state index in [1.54, 1.807) is 6.20 Å². The zero-order valence-electron chi connectivity index (χ0n) is 11.6. The smallest absolute Gasteiger partial charge is 0.191 e. The summed E-state index contributed by atoms with van der Waals surface area (Å²) in [5.74, 6) is 1.41. The summed E-state index contributed by atoms with van der Waals surface area (Å²) in [6, 6.07) is 0. The third-order valence-electron chi connectivity index (χ3n) is 2.68. The molecule has 0 aromatic carbocycles. The van der Waals surface area contributed by atoms with Crippen molar-refractivity contribution in [3.8, 4) is 0 Å². The molecule has 0 saturated heterocycles. The second-order valence-electron chi connectivity index (χ2n) is 4.73. The third-order valence-corrected chi connectivity index (χ3v) is 3.22. The fourth-order valence-corrected chi connectivity index (χ4v) is 2.11. The van der Waals surface area contributed by atoms with Crippen molar-refractivity contribution in [1.29, 1.82) is 0 Å². The van der Waals surface area contributed by atoms with Gasteiger partial charge in [0.25, 0.3) is 0 Å². The van der Waals surface area contributed by atoms with Crippen molar-refractivity contribution in [2.45, 2.75) is 25.5 Å². The zero-order chi connectivity index (χ0) is 13.8. The molecule has 0 bridgehead atoms. The summed E-state index contributed by atoms with van der Waals surface area (Å²) in [4.78, 5) is 9.04. The van der Waals surface area contributed by atoms with Crippen LogP contribution in [0.4, 0.5) is 5.82 Å². The minimum absolute atomic E-state index is 0.546. The first-order valence-electron chi connectivity index (χ1n) is 6.37. The van der Waals surface area contributed by atoms with Crippen LogP contribution in [0.25, 0.3) is 11.0 Å². The van der Waals surface area contributed by atoms with Crippen LogP contribution in [0.5, 0.6) is 0 Å². The van der Waals surface area contributed by atoms with Crippen molar-refractivity contribution in [2.24, 2.45) is 11.7 Å². The molecule has 0 aliphatic rings. The summed E-state index contributed by atoms with van der Waals surface area (Å²) in [5, 5.41) is 9.40. The van der Waals surface area contributed by atoms with Crippen LogP contribution in [0, 0.1) is 5.92 Å². The van der Waals surface area contributed by atoms with Gasteiger partial charge in [-0.05, 0) is 12.2 Å². The molecular formula is C12H20N6S. The maximum absolute atomic E-state index is 5.59. The Kier molecular flexibility index (Phi) is 4.60. The van der Waals surface area contributed by atoms with Crippen molar-refractivity contribution in [1.82, 2.24) is 19.7 Å². The Morgan fingerprint density at radius 1 is 1.42 bits per heavy atom. The Bertz CT molecular complexity index is 550. The number of thioether (sulfide) groups is 1. The van der Waals surface area contributed by atoms with Gasteiger partial charge in [-0.15, -0.1) is 0 Å². The molecule has 2 aromatic heterocycles. The third kappa shape index (κ3) is 3.16. The van der Waals surface area contributed by atoms with E-state index < -0.39 is 0 Å². The van der Waals surface area contributed by atoms with Crippen LogP contribution < -0.4 is 11.1 Å². The average molecular weight is 280 g/mol. The molecule has 7 heteroatoms. The highest BCUT2D eigenvalue weighted by Gasteiger charge is 2.12. The van der Waals surface area contributed by atoms with Crippen molar-refractivity contribution in [2.75, 3.05) is 24.7 Å². The summed E-state index contributed by atoms with van der Waals surface area (Å²) in [6.45, 7) is 6.42. The normalized spacial score (nSPS) is 11.4. The fourth-order valence-electron chi connectivity index (χ4n) is 1.75. The minimum atomic E-state index is 0.546. The average Bonchev–Trinajstić information content (AvgIpc) is 2.79. The lowest BCUT2D eigenvalue weighted by Gasteiger charge is -2.10. The van der Waals surface area contributed by atoms with Crippen LogP contribution in [0.15, 0.2) is 11.4 Å². The first kappa shape index (κ1) is 14.1. The Morgan fingerprint density at radius 3 is 2.84 bits per heavy atom. The van der Waals surface area contributed by atoms with E-state index in [0.717, 1.165) is 28.6 Å². The van der Waals surface area contributed by atoms with Crippen LogP contribution in [0.2, 0.25) is 0 Å². The summed E-state index contributed by atoms with van der Waals surface area (Å²) in [6.07, 6.45) is 3.77. The van der Waals surface area contributed by atoms with E-state index in [-0.39, 0.29) is 0 Å². The predicted molar refractivity (Wildman–Crippen MR) is 79.5 cm³/mol. The molecule has 0 aliphatic carbocycles. The van der Waals surface area contributed by atoms with Crippen LogP contribution >= 0.6 is 11.8 Å². The van der Waals surface area contributed by atoms with Crippen molar-refractivity contribution in [3.05, 3.63) is 6.20 Å². The predicted octanol–water partition coefficient (Wildman–Crippen LogP) is 1.57. The van der Waals surface area contributed by atoms with E-state index >= 15 is 0 Å². The monoisotopic (exact) mass is 280 g/mol. The highest BCUT2D eigenvalue weighted by molar-refractivity contribution is 7.98. The molecule has 0 spiro atoms. The van der Waals surface area contributed by atoms with Gasteiger partial charge in [0.2, 0.25) is 0 Å². The van der Waals surface area contributed by atoms with Gasteiger partial charge in [-0.2, -0.15) is 5.10 Å². The van der Waals surface area contributed by atoms with Gasteiger partial charge in [-0.3, -0.25) is 0 Å². The van der Waals surface area contributed by atoms with Gasteiger partial charge in [0, 0.05) is 13.1 Å². The van der Waals surface area contributed by atoms with E-state index in [4.69, 9.17) is 5.73 Å². The fraction of sp³-hybridized carbons (Fsp3) is 0.583. The maximum atomic E-state index is 5.59. The largest absolute Gasteiger partial charge is 0.369 e. The van der Waals surface area contributed by atoms with Gasteiger partial charge in [0.15, 0.2) is 10.8 Å². The SMILES string of the molecule is CSc1nc(NCC(C)C)c2cnn(CCN)c2n1. The Labute approximate surface area is 117 Å². The molecule has 0 saturated carbocycles. The van der Waals surface area contributed by atoms with Gasteiger partial charge in [0.1, 0.15) is 5.82 Å². The molecule has 6 nitrogen and oxygen atoms in total. The van der Waals surface area contributed by atoms with Gasteiger partial charge in [-0.25, -0.2) is 14.6 Å². The van der Waals surface area contributed by atoms with Crippen LogP contribution in [-0.4, -0.2) is 39.1 Å². The molecule has 0 aliphatic heterocycles. The van der Waals surface area contributed by atoms with Gasteiger partial charge >= 0.3 is 0 Å². The number of anilines is 1. The Morgan fingerprint density at radius 2 is 2.21 bits per heavy atom. The molecule has 19 heavy (non-hydrogen) atoms. The molecule has 0 fully saturated rings. The van der Waals surface area contributed by atoms with Crippen molar-refractivity contribution >= 4 is 28.6 Å². The molecule has 0 radical (unpaired) electrons. The molecule has 2 rings (SSSR count). The first-order chi connectivity index (χ1) is 9.15. The lowest BCUT2D eigenvalue weighted by atomic mass is 10.2. The quantitative estimate of drug-likeness (QED) is 0.617. The molecular weight excluding hydrogens is 260 g/mol. The van der Waals surface area contributed by atoms with E-state index in [0.29, 0.717) is 19.0 Å². The molecule has 104 valence electrons. The number of hydrogen-bond acceptors (Lipinski definition) is 6. The topological polar surface area (TPSA) is 81.7 Å². The second-order valence-corrected chi connectivity index (χ2v) is 5.50. The zero-order valence-corrected chi connectivity index (χ0v) is 12.4. The molecule has 3 N–H and O–H groups in total. The second kappa shape index (κ2) is 6.21. The van der Waals surface area contributed by atoms with E-state index in [9.17, 15) is 0 Å². The van der Waals surface area contributed by atoms with Crippen LogP contribution in [0.1, 0.15) is 13.8 Å². The molecule has 2 aromatic rings. The van der Waals surface area contributed by atoms with Gasteiger partial charge < -0.3 is 11.1 Å². The lowest BCUT2D eigenvalue weighted by molar-refractivity contribution is 0.637. The lowest BCUT2D eigenvalue weighted by Crippen LogP contribution is -2.13. The number of nitrogens with zero attached hydrogens (tertiary/aromatic N) is 4. The molecule has 0 unspecified atom stereocenters. The number of hydrogen-bond donors (Lipinski definition) is 2.